The third-order valence-electron chi connectivity index (χ3n) is 4.66. The highest BCUT2D eigenvalue weighted by atomic mass is 15.3. The van der Waals surface area contributed by atoms with Crippen LogP contribution in [0.5, 0.6) is 0 Å². The molecule has 0 bridgehead atoms. The van der Waals surface area contributed by atoms with Crippen molar-refractivity contribution in [2.75, 3.05) is 13.1 Å². The van der Waals surface area contributed by atoms with E-state index in [-0.39, 0.29) is 0 Å². The van der Waals surface area contributed by atoms with Crippen molar-refractivity contribution < 1.29 is 0 Å². The number of nitrogens with one attached hydrogen (secondary N) is 1. The summed E-state index contributed by atoms with van der Waals surface area (Å²) < 4.78 is 2.05. The highest BCUT2D eigenvalue weighted by molar-refractivity contribution is 5.45. The van der Waals surface area contributed by atoms with Gasteiger partial charge in [0.05, 0.1) is 6.04 Å². The van der Waals surface area contributed by atoms with E-state index in [0.717, 1.165) is 30.8 Å². The molecule has 0 radical (unpaired) electrons. The maximum Gasteiger partial charge on any atom is 0.135 e. The predicted octanol–water partition coefficient (Wildman–Crippen LogP) is 4.06. The fourth-order valence-corrected chi connectivity index (χ4v) is 3.02. The molecule has 1 aromatic carbocycles. The molecule has 3 nitrogen and oxygen atoms in total. The Kier molecular flexibility index (Phi) is 5.06. The first-order valence-electron chi connectivity index (χ1n) is 8.95. The van der Waals surface area contributed by atoms with E-state index in [4.69, 9.17) is 0 Å². The lowest BCUT2D eigenvalue weighted by Crippen LogP contribution is -2.13. The van der Waals surface area contributed by atoms with Crippen LogP contribution in [-0.4, -0.2) is 22.9 Å². The van der Waals surface area contributed by atoms with Gasteiger partial charge in [0.15, 0.2) is 0 Å². The van der Waals surface area contributed by atoms with E-state index < -0.39 is 0 Å². The summed E-state index contributed by atoms with van der Waals surface area (Å²) in [6.07, 6.45) is 3.19. The molecule has 1 saturated heterocycles. The summed E-state index contributed by atoms with van der Waals surface area (Å²) in [6.45, 7) is 11.0. The molecule has 1 fully saturated rings. The van der Waals surface area contributed by atoms with E-state index in [9.17, 15) is 0 Å². The molecule has 0 amide bonds. The fraction of sp³-hybridized carbons (Fsp3) is 0.476. The summed E-state index contributed by atoms with van der Waals surface area (Å²) in [6, 6.07) is 9.21. The average molecular weight is 321 g/mol. The maximum atomic E-state index is 4.63. The van der Waals surface area contributed by atoms with Gasteiger partial charge in [0.1, 0.15) is 5.69 Å². The molecule has 2 aromatic rings. The van der Waals surface area contributed by atoms with Gasteiger partial charge in [0.2, 0.25) is 0 Å². The Morgan fingerprint density at radius 3 is 2.38 bits per heavy atom. The number of hydrogen-bond acceptors (Lipinski definition) is 2. The topological polar surface area (TPSA) is 29.9 Å². The number of aromatic nitrogens is 2. The maximum absolute atomic E-state index is 4.63. The second-order valence-corrected chi connectivity index (χ2v) is 7.28. The van der Waals surface area contributed by atoms with Gasteiger partial charge in [0, 0.05) is 18.3 Å². The molecule has 2 heterocycles. The van der Waals surface area contributed by atoms with Gasteiger partial charge in [-0.2, -0.15) is 5.10 Å². The molecule has 3 rings (SSSR count). The Labute approximate surface area is 145 Å². The van der Waals surface area contributed by atoms with Gasteiger partial charge in [-0.15, -0.1) is 0 Å². The first-order valence-corrected chi connectivity index (χ1v) is 8.95. The molecule has 0 aliphatic carbocycles. The summed E-state index contributed by atoms with van der Waals surface area (Å²) in [5, 5.41) is 8.00. The summed E-state index contributed by atoms with van der Waals surface area (Å²) in [4.78, 5) is 0. The molecule has 0 spiro atoms. The number of benzene rings is 1. The minimum absolute atomic E-state index is 0.470. The second kappa shape index (κ2) is 7.23. The quantitative estimate of drug-likeness (QED) is 0.864. The summed E-state index contributed by atoms with van der Waals surface area (Å²) in [5.41, 5.74) is 4.64. The number of rotatable bonds is 3. The highest BCUT2D eigenvalue weighted by Gasteiger charge is 2.16. The van der Waals surface area contributed by atoms with E-state index in [0.29, 0.717) is 17.9 Å². The van der Waals surface area contributed by atoms with Crippen LogP contribution in [0.2, 0.25) is 0 Å². The summed E-state index contributed by atoms with van der Waals surface area (Å²) >= 11 is 0. The van der Waals surface area contributed by atoms with Crippen LogP contribution in [0, 0.1) is 11.8 Å². The molecular formula is C21H27N3. The van der Waals surface area contributed by atoms with Crippen molar-refractivity contribution in [2.24, 2.45) is 0 Å². The molecule has 1 aromatic heterocycles. The molecule has 1 aliphatic rings. The Hall–Kier alpha value is -2.05. The van der Waals surface area contributed by atoms with Crippen molar-refractivity contribution in [1.82, 2.24) is 15.1 Å². The highest BCUT2D eigenvalue weighted by Crippen LogP contribution is 2.23. The van der Waals surface area contributed by atoms with Gasteiger partial charge < -0.3 is 5.32 Å². The largest absolute Gasteiger partial charge is 0.315 e. The van der Waals surface area contributed by atoms with Crippen LogP contribution in [0.4, 0.5) is 0 Å². The first-order chi connectivity index (χ1) is 11.5. The van der Waals surface area contributed by atoms with Gasteiger partial charge in [-0.25, -0.2) is 0 Å². The molecular weight excluding hydrogens is 294 g/mol. The lowest BCUT2D eigenvalue weighted by molar-refractivity contribution is 0.490. The number of nitrogens with zero attached hydrogens (tertiary/aromatic N) is 2. The van der Waals surface area contributed by atoms with E-state index in [2.05, 4.69) is 68.2 Å². The van der Waals surface area contributed by atoms with Crippen LogP contribution < -0.4 is 5.32 Å². The Bertz CT molecular complexity index is 727. The van der Waals surface area contributed by atoms with E-state index in [1.54, 1.807) is 0 Å². The van der Waals surface area contributed by atoms with Gasteiger partial charge in [-0.3, -0.25) is 4.68 Å². The molecule has 126 valence electrons. The lowest BCUT2D eigenvalue weighted by Gasteiger charge is -2.12. The van der Waals surface area contributed by atoms with Crippen LogP contribution in [0.25, 0.3) is 0 Å². The summed E-state index contributed by atoms with van der Waals surface area (Å²) in [5.74, 6) is 7.57. The van der Waals surface area contributed by atoms with E-state index in [1.165, 1.54) is 11.1 Å². The molecule has 1 atom stereocenters. The zero-order valence-corrected chi connectivity index (χ0v) is 15.1. The Morgan fingerprint density at radius 1 is 1.08 bits per heavy atom. The Balaban J connectivity index is 1.84. The van der Waals surface area contributed by atoms with Crippen molar-refractivity contribution in [2.45, 2.75) is 52.0 Å². The van der Waals surface area contributed by atoms with Crippen LogP contribution in [0.3, 0.4) is 0 Å². The molecule has 0 saturated carbocycles. The Morgan fingerprint density at radius 2 is 1.79 bits per heavy atom. The third-order valence-corrected chi connectivity index (χ3v) is 4.66. The van der Waals surface area contributed by atoms with Crippen LogP contribution in [0.1, 0.15) is 74.4 Å². The zero-order chi connectivity index (χ0) is 17.1. The molecule has 24 heavy (non-hydrogen) atoms. The first kappa shape index (κ1) is 16.8. The van der Waals surface area contributed by atoms with Crippen molar-refractivity contribution in [3.8, 4) is 11.8 Å². The standard InChI is InChI=1S/C21H27N3/c1-15(2)18-11-17(12-19(13-18)16(3)4)5-6-20-8-10-24(23-20)21-7-9-22-14-21/h8,10-13,15-16,21-22H,7,9,14H2,1-4H3. The SMILES string of the molecule is CC(C)c1cc(C#Cc2ccn(C3CCNC3)n2)cc(C(C)C)c1. The van der Waals surface area contributed by atoms with Crippen molar-refractivity contribution >= 4 is 0 Å². The average Bonchev–Trinajstić information content (AvgIpc) is 3.23. The lowest BCUT2D eigenvalue weighted by atomic mass is 9.93. The van der Waals surface area contributed by atoms with E-state index >= 15 is 0 Å². The van der Waals surface area contributed by atoms with Crippen molar-refractivity contribution in [3.63, 3.8) is 0 Å². The fourth-order valence-electron chi connectivity index (χ4n) is 3.02. The van der Waals surface area contributed by atoms with Gasteiger partial charge in [0.25, 0.3) is 0 Å². The van der Waals surface area contributed by atoms with Gasteiger partial charge in [-0.1, -0.05) is 39.7 Å². The normalized spacial score (nSPS) is 17.3. The van der Waals surface area contributed by atoms with Crippen molar-refractivity contribution in [1.29, 1.82) is 0 Å². The predicted molar refractivity (Wildman–Crippen MR) is 99.4 cm³/mol. The van der Waals surface area contributed by atoms with E-state index in [1.807, 2.05) is 16.9 Å². The van der Waals surface area contributed by atoms with Gasteiger partial charge in [-0.05, 0) is 60.0 Å². The van der Waals surface area contributed by atoms with Crippen LogP contribution >= 0.6 is 0 Å². The van der Waals surface area contributed by atoms with Crippen molar-refractivity contribution in [3.05, 3.63) is 52.8 Å². The minimum Gasteiger partial charge on any atom is -0.315 e. The summed E-state index contributed by atoms with van der Waals surface area (Å²) in [7, 11) is 0. The number of hydrogen-bond donors (Lipinski definition) is 1. The molecule has 3 heteroatoms. The van der Waals surface area contributed by atoms with Gasteiger partial charge >= 0.3 is 0 Å². The molecule has 1 unspecified atom stereocenters. The molecule has 1 N–H and O–H groups in total. The van der Waals surface area contributed by atoms with Crippen LogP contribution in [-0.2, 0) is 0 Å². The minimum atomic E-state index is 0.470. The van der Waals surface area contributed by atoms with Crippen LogP contribution in [0.15, 0.2) is 30.5 Å². The second-order valence-electron chi connectivity index (χ2n) is 7.28. The third kappa shape index (κ3) is 3.88. The zero-order valence-electron chi connectivity index (χ0n) is 15.1. The molecule has 1 aliphatic heterocycles. The smallest absolute Gasteiger partial charge is 0.135 e. The monoisotopic (exact) mass is 321 g/mol.